The van der Waals surface area contributed by atoms with E-state index in [4.69, 9.17) is 16.3 Å². The number of fused-ring (bicyclic) bond motifs is 1. The second kappa shape index (κ2) is 6.29. The molecule has 0 saturated carbocycles. The Labute approximate surface area is 138 Å². The number of benzene rings is 2. The lowest BCUT2D eigenvalue weighted by Gasteiger charge is -2.16. The molecular weight excluding hydrogens is 350 g/mol. The van der Waals surface area contributed by atoms with Gasteiger partial charge in [-0.25, -0.2) is 0 Å². The molecule has 0 radical (unpaired) electrons. The van der Waals surface area contributed by atoms with Crippen molar-refractivity contribution in [1.82, 2.24) is 0 Å². The van der Waals surface area contributed by atoms with E-state index >= 15 is 0 Å². The van der Waals surface area contributed by atoms with Crippen LogP contribution in [0.25, 0.3) is 0 Å². The van der Waals surface area contributed by atoms with Gasteiger partial charge in [0.1, 0.15) is 5.75 Å². The average Bonchev–Trinajstić information content (AvgIpc) is 2.84. The van der Waals surface area contributed by atoms with Gasteiger partial charge in [0.2, 0.25) is 0 Å². The van der Waals surface area contributed by atoms with Gasteiger partial charge in [0.05, 0.1) is 17.7 Å². The molecule has 0 aromatic heterocycles. The summed E-state index contributed by atoms with van der Waals surface area (Å²) in [5, 5.41) is 4.22. The van der Waals surface area contributed by atoms with Crippen LogP contribution in [0, 0.1) is 0 Å². The third-order valence-corrected chi connectivity index (χ3v) is 4.54. The molecule has 0 spiro atoms. The lowest BCUT2D eigenvalue weighted by atomic mass is 10.1. The molecule has 4 heteroatoms. The first-order valence-electron chi connectivity index (χ1n) is 7.14. The van der Waals surface area contributed by atoms with Crippen LogP contribution in [-0.4, -0.2) is 6.61 Å². The molecular formula is C17H17BrClNO. The first-order valence-corrected chi connectivity index (χ1v) is 8.31. The highest BCUT2D eigenvalue weighted by molar-refractivity contribution is 9.10. The number of rotatable bonds is 4. The minimum atomic E-state index is 0.349. The van der Waals surface area contributed by atoms with E-state index in [2.05, 4.69) is 39.4 Å². The third-order valence-electron chi connectivity index (χ3n) is 3.76. The van der Waals surface area contributed by atoms with Crippen molar-refractivity contribution in [3.8, 4) is 5.75 Å². The normalized spacial score (nSPS) is 16.6. The van der Waals surface area contributed by atoms with E-state index in [0.717, 1.165) is 28.8 Å². The van der Waals surface area contributed by atoms with Crippen LogP contribution in [0.2, 0.25) is 5.02 Å². The highest BCUT2D eigenvalue weighted by atomic mass is 79.9. The van der Waals surface area contributed by atoms with Crippen molar-refractivity contribution < 1.29 is 4.74 Å². The third kappa shape index (κ3) is 3.19. The zero-order valence-corrected chi connectivity index (χ0v) is 14.2. The molecule has 1 unspecified atom stereocenters. The second-order valence-corrected chi connectivity index (χ2v) is 6.48. The fourth-order valence-corrected chi connectivity index (χ4v) is 3.44. The van der Waals surface area contributed by atoms with Gasteiger partial charge in [0.15, 0.2) is 0 Å². The molecule has 1 N–H and O–H groups in total. The molecule has 2 nitrogen and oxygen atoms in total. The maximum absolute atomic E-state index is 6.24. The van der Waals surface area contributed by atoms with Gasteiger partial charge in [-0.3, -0.25) is 0 Å². The van der Waals surface area contributed by atoms with Crippen molar-refractivity contribution in [1.29, 1.82) is 0 Å². The lowest BCUT2D eigenvalue weighted by molar-refractivity contribution is 0.340. The minimum Gasteiger partial charge on any atom is -0.492 e. The number of anilines is 1. The number of halogens is 2. The fraction of sp³-hybridized carbons (Fsp3) is 0.294. The van der Waals surface area contributed by atoms with Gasteiger partial charge in [-0.05, 0) is 61.2 Å². The molecule has 21 heavy (non-hydrogen) atoms. The second-order valence-electron chi connectivity index (χ2n) is 5.16. The summed E-state index contributed by atoms with van der Waals surface area (Å²) in [6, 6.07) is 12.7. The summed E-state index contributed by atoms with van der Waals surface area (Å²) < 4.78 is 6.61. The van der Waals surface area contributed by atoms with Crippen molar-refractivity contribution >= 4 is 33.2 Å². The summed E-state index contributed by atoms with van der Waals surface area (Å²) >= 11 is 9.78. The van der Waals surface area contributed by atoms with Gasteiger partial charge in [-0.2, -0.15) is 0 Å². The molecule has 0 amide bonds. The highest BCUT2D eigenvalue weighted by Gasteiger charge is 2.22. The smallest absolute Gasteiger partial charge is 0.138 e. The van der Waals surface area contributed by atoms with Crippen LogP contribution in [0.5, 0.6) is 5.75 Å². The molecule has 1 aliphatic rings. The Bertz CT molecular complexity index is 659. The fourth-order valence-electron chi connectivity index (χ4n) is 2.80. The Morgan fingerprint density at radius 3 is 2.90 bits per heavy atom. The van der Waals surface area contributed by atoms with Gasteiger partial charge in [-0.15, -0.1) is 0 Å². The van der Waals surface area contributed by atoms with Crippen molar-refractivity contribution in [3.05, 3.63) is 57.0 Å². The lowest BCUT2D eigenvalue weighted by Crippen LogP contribution is -2.07. The Morgan fingerprint density at radius 2 is 2.14 bits per heavy atom. The number of hydrogen-bond acceptors (Lipinski definition) is 2. The molecule has 0 fully saturated rings. The average molecular weight is 367 g/mol. The van der Waals surface area contributed by atoms with Gasteiger partial charge in [0.25, 0.3) is 0 Å². The number of hydrogen-bond donors (Lipinski definition) is 1. The van der Waals surface area contributed by atoms with Crippen molar-refractivity contribution in [3.63, 3.8) is 0 Å². The van der Waals surface area contributed by atoms with Gasteiger partial charge in [-0.1, -0.05) is 33.6 Å². The number of nitrogens with one attached hydrogen (secondary N) is 1. The van der Waals surface area contributed by atoms with Crippen LogP contribution in [0.4, 0.5) is 5.69 Å². The Kier molecular flexibility index (Phi) is 4.41. The topological polar surface area (TPSA) is 21.3 Å². The molecule has 0 aliphatic heterocycles. The van der Waals surface area contributed by atoms with E-state index < -0.39 is 0 Å². The van der Waals surface area contributed by atoms with E-state index in [9.17, 15) is 0 Å². The van der Waals surface area contributed by atoms with E-state index in [1.54, 1.807) is 0 Å². The van der Waals surface area contributed by atoms with E-state index in [-0.39, 0.29) is 0 Å². The quantitative estimate of drug-likeness (QED) is 0.760. The van der Waals surface area contributed by atoms with Gasteiger partial charge < -0.3 is 10.1 Å². The van der Waals surface area contributed by atoms with E-state index in [1.807, 2.05) is 25.1 Å². The maximum Gasteiger partial charge on any atom is 0.138 e. The Morgan fingerprint density at radius 1 is 1.29 bits per heavy atom. The molecule has 0 heterocycles. The first-order chi connectivity index (χ1) is 10.2. The summed E-state index contributed by atoms with van der Waals surface area (Å²) in [6.45, 7) is 2.58. The van der Waals surface area contributed by atoms with Crippen LogP contribution in [0.1, 0.15) is 30.5 Å². The van der Waals surface area contributed by atoms with Crippen LogP contribution >= 0.6 is 27.5 Å². The number of aryl methyl sites for hydroxylation is 1. The molecule has 2 aromatic carbocycles. The summed E-state index contributed by atoms with van der Waals surface area (Å²) in [6.07, 6.45) is 2.22. The monoisotopic (exact) mass is 365 g/mol. The predicted molar refractivity (Wildman–Crippen MR) is 91.4 cm³/mol. The van der Waals surface area contributed by atoms with Crippen molar-refractivity contribution in [2.75, 3.05) is 11.9 Å². The van der Waals surface area contributed by atoms with Crippen molar-refractivity contribution in [2.24, 2.45) is 0 Å². The molecule has 1 atom stereocenters. The van der Waals surface area contributed by atoms with Gasteiger partial charge in [0, 0.05) is 10.2 Å². The molecule has 0 saturated heterocycles. The summed E-state index contributed by atoms with van der Waals surface area (Å²) in [7, 11) is 0. The van der Waals surface area contributed by atoms with Crippen LogP contribution < -0.4 is 10.1 Å². The van der Waals surface area contributed by atoms with E-state index in [0.29, 0.717) is 17.7 Å². The predicted octanol–water partition coefficient (Wildman–Crippen LogP) is 5.60. The molecule has 1 aliphatic carbocycles. The maximum atomic E-state index is 6.24. The SMILES string of the molecule is CCOc1ccc(NC2CCc3cc(Br)ccc32)cc1Cl. The summed E-state index contributed by atoms with van der Waals surface area (Å²) in [5.74, 6) is 0.737. The largest absolute Gasteiger partial charge is 0.492 e. The standard InChI is InChI=1S/C17H17BrClNO/c1-2-21-17-8-5-13(10-15(17)19)20-16-7-3-11-9-12(18)4-6-14(11)16/h4-6,8-10,16,20H,2-3,7H2,1H3. The highest BCUT2D eigenvalue weighted by Crippen LogP contribution is 2.36. The molecule has 2 aromatic rings. The van der Waals surface area contributed by atoms with Crippen LogP contribution in [0.15, 0.2) is 40.9 Å². The Hall–Kier alpha value is -1.19. The van der Waals surface area contributed by atoms with Crippen LogP contribution in [0.3, 0.4) is 0 Å². The molecule has 3 rings (SSSR count). The minimum absolute atomic E-state index is 0.349. The first kappa shape index (κ1) is 14.7. The zero-order chi connectivity index (χ0) is 14.8. The molecule has 110 valence electrons. The van der Waals surface area contributed by atoms with E-state index in [1.165, 1.54) is 11.1 Å². The van der Waals surface area contributed by atoms with Gasteiger partial charge >= 0.3 is 0 Å². The van der Waals surface area contributed by atoms with Crippen LogP contribution in [-0.2, 0) is 6.42 Å². The Balaban J connectivity index is 1.78. The summed E-state index contributed by atoms with van der Waals surface area (Å²) in [5.41, 5.74) is 3.83. The molecule has 0 bridgehead atoms. The summed E-state index contributed by atoms with van der Waals surface area (Å²) in [4.78, 5) is 0. The number of ether oxygens (including phenoxy) is 1. The van der Waals surface area contributed by atoms with Crippen molar-refractivity contribution in [2.45, 2.75) is 25.8 Å². The zero-order valence-electron chi connectivity index (χ0n) is 11.8.